The van der Waals surface area contributed by atoms with Crippen LogP contribution < -0.4 is 10.4 Å². The largest absolute Gasteiger partial charge is 0.512 e. The van der Waals surface area contributed by atoms with Gasteiger partial charge in [0.2, 0.25) is 0 Å². The van der Waals surface area contributed by atoms with E-state index in [2.05, 4.69) is 55.6 Å². The number of fused-ring (bicyclic) bond motifs is 3. The van der Waals surface area contributed by atoms with Crippen LogP contribution in [0.3, 0.4) is 0 Å². The summed E-state index contributed by atoms with van der Waals surface area (Å²) >= 11 is 0. The molecule has 0 atom stereocenters. The minimum Gasteiger partial charge on any atom is -0.512 e. The van der Waals surface area contributed by atoms with E-state index in [0.29, 0.717) is 0 Å². The maximum atomic E-state index is 11.5. The molecule has 1 radical (unpaired) electrons. The van der Waals surface area contributed by atoms with Gasteiger partial charge in [-0.1, -0.05) is 88.8 Å². The smallest absolute Gasteiger partial charge is 0.164 e. The minimum atomic E-state index is -1.60. The van der Waals surface area contributed by atoms with Gasteiger partial charge < -0.3 is 10.1 Å². The number of hydrogen-bond donors (Lipinski definition) is 1. The van der Waals surface area contributed by atoms with Crippen LogP contribution in [0.4, 0.5) is 0 Å². The number of hydrogen-bond acceptors (Lipinski definition) is 3. The fourth-order valence-corrected chi connectivity index (χ4v) is 7.60. The summed E-state index contributed by atoms with van der Waals surface area (Å²) < 4.78 is 0. The zero-order valence-electron chi connectivity index (χ0n) is 21.8. The fourth-order valence-electron chi connectivity index (χ4n) is 4.55. The van der Waals surface area contributed by atoms with Crippen molar-refractivity contribution in [2.75, 3.05) is 0 Å². The molecule has 0 saturated carbocycles. The van der Waals surface area contributed by atoms with E-state index in [1.165, 1.54) is 32.8 Å². The molecule has 0 spiro atoms. The average molecular weight is 661 g/mol. The van der Waals surface area contributed by atoms with Crippen LogP contribution in [0, 0.1) is 16.9 Å². The molecule has 3 aromatic carbocycles. The Balaban J connectivity index is 0.000000216. The standard InChI is InChI=1S/C19H14NSi.C11H20O2.Ir/c1-21(2)15-9-5-8-13-12-6-3-4-7-14(12)19-18(17(13)15)16(21)10-11-20-19;1-10(2,3)8(12)7-9(13)11(4,5)6;/h3-6,8-11H,1-2H3;7,12H,1-6H3;/q-1;;/b;8-7-;. The summed E-state index contributed by atoms with van der Waals surface area (Å²) in [6, 6.07) is 18.7. The topological polar surface area (TPSA) is 50.2 Å². The number of ketones is 1. The van der Waals surface area contributed by atoms with E-state index in [1.54, 1.807) is 5.19 Å². The summed E-state index contributed by atoms with van der Waals surface area (Å²) in [5.41, 5.74) is 0.362. The Morgan fingerprint density at radius 3 is 2.17 bits per heavy atom. The summed E-state index contributed by atoms with van der Waals surface area (Å²) in [7, 11) is -1.60. The predicted octanol–water partition coefficient (Wildman–Crippen LogP) is 6.56. The number of carbonyl (C=O) groups excluding carboxylic acids is 1. The average Bonchev–Trinajstić information content (AvgIpc) is 3.00. The van der Waals surface area contributed by atoms with Crippen LogP contribution in [0.5, 0.6) is 0 Å². The maximum absolute atomic E-state index is 11.5. The number of aromatic nitrogens is 1. The van der Waals surface area contributed by atoms with Gasteiger partial charge in [0.15, 0.2) is 5.78 Å². The van der Waals surface area contributed by atoms with E-state index < -0.39 is 13.5 Å². The number of allylic oxidation sites excluding steroid dienone is 2. The van der Waals surface area contributed by atoms with Crippen molar-refractivity contribution < 1.29 is 30.0 Å². The Labute approximate surface area is 223 Å². The molecule has 1 aromatic heterocycles. The minimum absolute atomic E-state index is 0. The van der Waals surface area contributed by atoms with Gasteiger partial charge in [0.1, 0.15) is 13.8 Å². The molecule has 35 heavy (non-hydrogen) atoms. The zero-order chi connectivity index (χ0) is 25.1. The molecule has 5 rings (SSSR count). The number of nitrogens with zero attached hydrogens (tertiary/aromatic N) is 1. The second-order valence-electron chi connectivity index (χ2n) is 11.8. The van der Waals surface area contributed by atoms with Gasteiger partial charge >= 0.3 is 0 Å². The van der Waals surface area contributed by atoms with E-state index in [0.717, 1.165) is 10.9 Å². The molecule has 4 aromatic rings. The zero-order valence-corrected chi connectivity index (χ0v) is 25.2. The Bertz CT molecular complexity index is 1390. The third kappa shape index (κ3) is 4.74. The van der Waals surface area contributed by atoms with Crippen molar-refractivity contribution in [3.05, 3.63) is 66.6 Å². The van der Waals surface area contributed by atoms with Crippen molar-refractivity contribution in [3.8, 4) is 0 Å². The van der Waals surface area contributed by atoms with Crippen molar-refractivity contribution in [2.45, 2.75) is 54.6 Å². The number of aliphatic hydroxyl groups excluding tert-OH is 1. The first kappa shape index (κ1) is 27.3. The first-order valence-corrected chi connectivity index (χ1v) is 14.8. The molecule has 5 heteroatoms. The van der Waals surface area contributed by atoms with Crippen LogP contribution in [-0.2, 0) is 24.9 Å². The third-order valence-electron chi connectivity index (χ3n) is 6.77. The third-order valence-corrected chi connectivity index (χ3v) is 10.3. The quantitative estimate of drug-likeness (QED) is 0.0827. The van der Waals surface area contributed by atoms with Gasteiger partial charge in [-0.05, 0) is 27.5 Å². The van der Waals surface area contributed by atoms with E-state index in [1.807, 2.05) is 53.8 Å². The van der Waals surface area contributed by atoms with Crippen LogP contribution in [0.15, 0.2) is 60.5 Å². The molecule has 1 N–H and O–H groups in total. The summed E-state index contributed by atoms with van der Waals surface area (Å²) in [5, 5.41) is 19.3. The van der Waals surface area contributed by atoms with Crippen molar-refractivity contribution in [2.24, 2.45) is 10.8 Å². The Morgan fingerprint density at radius 1 is 0.914 bits per heavy atom. The molecule has 0 saturated heterocycles. The molecule has 2 heterocycles. The predicted molar refractivity (Wildman–Crippen MR) is 147 cm³/mol. The van der Waals surface area contributed by atoms with Gasteiger partial charge in [-0.15, -0.1) is 29.7 Å². The van der Waals surface area contributed by atoms with Crippen molar-refractivity contribution in [1.29, 1.82) is 0 Å². The Kier molecular flexibility index (Phi) is 7.22. The molecule has 0 bridgehead atoms. The SMILES string of the molecule is CC(C)(C)C(=O)/C=C(\O)C(C)(C)C.C[Si]1(C)c2cccc3c4ccc[c-]c4c4nccc1c4c23.[Ir]. The Hall–Kier alpha value is -2.33. The molecule has 1 aliphatic heterocycles. The van der Waals surface area contributed by atoms with Gasteiger partial charge in [0.05, 0.1) is 0 Å². The van der Waals surface area contributed by atoms with E-state index >= 15 is 0 Å². The van der Waals surface area contributed by atoms with E-state index in [4.69, 9.17) is 4.98 Å². The molecular weight excluding hydrogens is 627 g/mol. The van der Waals surface area contributed by atoms with Crippen LogP contribution in [0.25, 0.3) is 32.4 Å². The van der Waals surface area contributed by atoms with Crippen LogP contribution >= 0.6 is 0 Å². The van der Waals surface area contributed by atoms with Crippen LogP contribution in [0.2, 0.25) is 13.1 Å². The normalized spacial score (nSPS) is 14.7. The van der Waals surface area contributed by atoms with Crippen molar-refractivity contribution >= 4 is 56.7 Å². The number of pyridine rings is 1. The fraction of sp³-hybridized carbons (Fsp3) is 0.333. The monoisotopic (exact) mass is 661 g/mol. The van der Waals surface area contributed by atoms with E-state index in [9.17, 15) is 9.90 Å². The molecular formula is C30H34IrNO2Si-. The summed E-state index contributed by atoms with van der Waals surface area (Å²) in [6.45, 7) is 16.0. The number of benzene rings is 3. The first-order valence-electron chi connectivity index (χ1n) is 11.8. The van der Waals surface area contributed by atoms with Gasteiger partial charge in [-0.25, -0.2) is 0 Å². The van der Waals surface area contributed by atoms with E-state index in [-0.39, 0.29) is 37.1 Å². The van der Waals surface area contributed by atoms with Crippen LogP contribution in [0.1, 0.15) is 41.5 Å². The molecule has 1 aliphatic rings. The number of rotatable bonds is 1. The van der Waals surface area contributed by atoms with Gasteiger partial charge in [-0.2, -0.15) is 0 Å². The molecule has 0 unspecified atom stereocenters. The molecule has 3 nitrogen and oxygen atoms in total. The first-order chi connectivity index (χ1) is 15.7. The second-order valence-corrected chi connectivity index (χ2v) is 16.1. The maximum Gasteiger partial charge on any atom is 0.164 e. The second kappa shape index (κ2) is 9.27. The summed E-state index contributed by atoms with van der Waals surface area (Å²) in [6.07, 6.45) is 3.31. The molecule has 0 aliphatic carbocycles. The summed E-state index contributed by atoms with van der Waals surface area (Å²) in [4.78, 5) is 16.2. The Morgan fingerprint density at radius 2 is 1.54 bits per heavy atom. The van der Waals surface area contributed by atoms with Gasteiger partial charge in [0, 0.05) is 43.2 Å². The number of carbonyl (C=O) groups is 1. The molecule has 185 valence electrons. The van der Waals surface area contributed by atoms with Gasteiger partial charge in [-0.3, -0.25) is 4.79 Å². The van der Waals surface area contributed by atoms with Crippen molar-refractivity contribution in [1.82, 2.24) is 4.98 Å². The summed E-state index contributed by atoms with van der Waals surface area (Å²) in [5.74, 6) is 0.104. The van der Waals surface area contributed by atoms with Gasteiger partial charge in [0.25, 0.3) is 0 Å². The van der Waals surface area contributed by atoms with Crippen LogP contribution in [-0.4, -0.2) is 23.9 Å². The molecule has 0 amide bonds. The molecule has 0 fully saturated rings. The number of aliphatic hydroxyl groups is 1. The van der Waals surface area contributed by atoms with Crippen molar-refractivity contribution in [3.63, 3.8) is 0 Å².